The van der Waals surface area contributed by atoms with Gasteiger partial charge in [-0.15, -0.1) is 0 Å². The predicted molar refractivity (Wildman–Crippen MR) is 45.2 cm³/mol. The molecule has 1 heterocycles. The van der Waals surface area contributed by atoms with Crippen LogP contribution in [0.1, 0.15) is 20.8 Å². The summed E-state index contributed by atoms with van der Waals surface area (Å²) in [6, 6.07) is 0. The molecule has 1 aliphatic heterocycles. The molecule has 1 N–H and O–H groups in total. The van der Waals surface area contributed by atoms with E-state index in [2.05, 4.69) is 5.32 Å². The Morgan fingerprint density at radius 3 is 2.33 bits per heavy atom. The normalized spacial score (nSPS) is 27.0. The van der Waals surface area contributed by atoms with Gasteiger partial charge in [0.1, 0.15) is 0 Å². The lowest BCUT2D eigenvalue weighted by molar-refractivity contribution is -0.126. The molecule has 1 rings (SSSR count). The van der Waals surface area contributed by atoms with Crippen LogP contribution >= 0.6 is 0 Å². The number of hydrogen-bond donors (Lipinski definition) is 1. The van der Waals surface area contributed by atoms with Gasteiger partial charge < -0.3 is 0 Å². The molecule has 1 aliphatic rings. The van der Waals surface area contributed by atoms with Crippen LogP contribution in [0.2, 0.25) is 0 Å². The summed E-state index contributed by atoms with van der Waals surface area (Å²) in [6.45, 7) is 5.65. The van der Waals surface area contributed by atoms with Crippen molar-refractivity contribution in [3.05, 3.63) is 11.6 Å². The van der Waals surface area contributed by atoms with Crippen molar-refractivity contribution in [2.24, 2.45) is 11.8 Å². The largest absolute Gasteiger partial charge is 0.292 e. The zero-order valence-corrected chi connectivity index (χ0v) is 7.55. The van der Waals surface area contributed by atoms with E-state index in [1.807, 2.05) is 13.8 Å². The quantitative estimate of drug-likeness (QED) is 0.465. The van der Waals surface area contributed by atoms with Gasteiger partial charge in [-0.25, -0.2) is 0 Å². The summed E-state index contributed by atoms with van der Waals surface area (Å²) in [7, 11) is 0. The molecular formula is C9H13NO2. The van der Waals surface area contributed by atoms with Crippen LogP contribution < -0.4 is 5.32 Å². The topological polar surface area (TPSA) is 46.2 Å². The minimum atomic E-state index is -0.248. The molecule has 3 heteroatoms. The van der Waals surface area contributed by atoms with Gasteiger partial charge in [-0.1, -0.05) is 19.9 Å². The van der Waals surface area contributed by atoms with Gasteiger partial charge >= 0.3 is 0 Å². The van der Waals surface area contributed by atoms with Crippen LogP contribution in [0.4, 0.5) is 0 Å². The lowest BCUT2D eigenvalue weighted by Crippen LogP contribution is -2.24. The van der Waals surface area contributed by atoms with Crippen LogP contribution in [-0.2, 0) is 9.59 Å². The lowest BCUT2D eigenvalue weighted by Gasteiger charge is -2.10. The van der Waals surface area contributed by atoms with Gasteiger partial charge in [0.05, 0.1) is 5.92 Å². The highest BCUT2D eigenvalue weighted by molar-refractivity contribution is 6.14. The fourth-order valence-corrected chi connectivity index (χ4v) is 1.52. The fourth-order valence-electron chi connectivity index (χ4n) is 1.52. The monoisotopic (exact) mass is 167 g/mol. The van der Waals surface area contributed by atoms with Crippen molar-refractivity contribution in [3.8, 4) is 0 Å². The van der Waals surface area contributed by atoms with Crippen LogP contribution in [0.3, 0.4) is 0 Å². The second kappa shape index (κ2) is 3.09. The van der Waals surface area contributed by atoms with Gasteiger partial charge in [0, 0.05) is 5.57 Å². The number of imide groups is 1. The van der Waals surface area contributed by atoms with Crippen molar-refractivity contribution in [3.63, 3.8) is 0 Å². The van der Waals surface area contributed by atoms with E-state index >= 15 is 0 Å². The number of carbonyl (C=O) groups excluding carboxylic acids is 2. The van der Waals surface area contributed by atoms with Gasteiger partial charge in [-0.05, 0) is 12.8 Å². The first-order valence-corrected chi connectivity index (χ1v) is 4.09. The van der Waals surface area contributed by atoms with Crippen LogP contribution in [0, 0.1) is 11.8 Å². The number of rotatable bonds is 1. The van der Waals surface area contributed by atoms with Crippen molar-refractivity contribution < 1.29 is 9.59 Å². The average Bonchev–Trinajstić information content (AvgIpc) is 2.24. The van der Waals surface area contributed by atoms with Crippen LogP contribution in [0.5, 0.6) is 0 Å². The molecule has 0 aromatic heterocycles. The van der Waals surface area contributed by atoms with E-state index in [0.717, 1.165) is 0 Å². The Labute approximate surface area is 71.8 Å². The molecule has 1 saturated heterocycles. The van der Waals surface area contributed by atoms with Gasteiger partial charge in [0.15, 0.2) is 0 Å². The standard InChI is InChI=1S/C9H13NO2/c1-4-6-7(5(2)3)9(12)10-8(6)11/h4-5,7H,1-3H3,(H,10,11,12). The molecule has 0 saturated carbocycles. The van der Waals surface area contributed by atoms with E-state index in [9.17, 15) is 9.59 Å². The highest BCUT2D eigenvalue weighted by atomic mass is 16.2. The second-order valence-electron chi connectivity index (χ2n) is 3.28. The molecule has 0 aliphatic carbocycles. The molecule has 0 radical (unpaired) electrons. The molecule has 0 aromatic carbocycles. The number of allylic oxidation sites excluding steroid dienone is 1. The Morgan fingerprint density at radius 1 is 1.42 bits per heavy atom. The molecule has 12 heavy (non-hydrogen) atoms. The molecule has 2 amide bonds. The third-order valence-electron chi connectivity index (χ3n) is 2.09. The Hall–Kier alpha value is -1.12. The summed E-state index contributed by atoms with van der Waals surface area (Å²) in [5.41, 5.74) is 0.606. The number of amides is 2. The second-order valence-corrected chi connectivity index (χ2v) is 3.28. The summed E-state index contributed by atoms with van der Waals surface area (Å²) in [4.78, 5) is 22.4. The maximum absolute atomic E-state index is 11.2. The minimum Gasteiger partial charge on any atom is -0.292 e. The van der Waals surface area contributed by atoms with Gasteiger partial charge in [-0.2, -0.15) is 0 Å². The smallest absolute Gasteiger partial charge is 0.254 e. The summed E-state index contributed by atoms with van der Waals surface area (Å²) in [6.07, 6.45) is 1.71. The molecule has 3 nitrogen and oxygen atoms in total. The first-order chi connectivity index (χ1) is 5.57. The molecule has 1 fully saturated rings. The van der Waals surface area contributed by atoms with Crippen molar-refractivity contribution in [1.82, 2.24) is 5.32 Å². The maximum Gasteiger partial charge on any atom is 0.254 e. The van der Waals surface area contributed by atoms with Gasteiger partial charge in [-0.3, -0.25) is 14.9 Å². The average molecular weight is 167 g/mol. The maximum atomic E-state index is 11.2. The summed E-state index contributed by atoms with van der Waals surface area (Å²) in [5.74, 6) is -0.463. The van der Waals surface area contributed by atoms with Crippen molar-refractivity contribution in [1.29, 1.82) is 0 Å². The summed E-state index contributed by atoms with van der Waals surface area (Å²) >= 11 is 0. The Kier molecular flexibility index (Phi) is 2.31. The van der Waals surface area contributed by atoms with E-state index in [1.54, 1.807) is 13.0 Å². The van der Waals surface area contributed by atoms with E-state index in [1.165, 1.54) is 0 Å². The first-order valence-electron chi connectivity index (χ1n) is 4.09. The molecule has 0 aromatic rings. The van der Waals surface area contributed by atoms with E-state index in [-0.39, 0.29) is 23.7 Å². The Balaban J connectivity index is 2.98. The fraction of sp³-hybridized carbons (Fsp3) is 0.556. The number of carbonyl (C=O) groups is 2. The van der Waals surface area contributed by atoms with E-state index in [0.29, 0.717) is 5.57 Å². The molecule has 0 spiro atoms. The van der Waals surface area contributed by atoms with E-state index in [4.69, 9.17) is 0 Å². The zero-order chi connectivity index (χ0) is 9.30. The van der Waals surface area contributed by atoms with Gasteiger partial charge in [0.2, 0.25) is 5.91 Å². The third-order valence-corrected chi connectivity index (χ3v) is 2.09. The summed E-state index contributed by atoms with van der Waals surface area (Å²) in [5, 5.41) is 2.30. The Bertz CT molecular complexity index is 253. The first kappa shape index (κ1) is 8.97. The predicted octanol–water partition coefficient (Wildman–Crippen LogP) is 0.861. The SMILES string of the molecule is CC=C1C(=O)NC(=O)C1C(C)C. The summed E-state index contributed by atoms with van der Waals surface area (Å²) < 4.78 is 0. The van der Waals surface area contributed by atoms with E-state index < -0.39 is 0 Å². The number of nitrogens with one attached hydrogen (secondary N) is 1. The minimum absolute atomic E-state index is 0.164. The molecule has 0 bridgehead atoms. The van der Waals surface area contributed by atoms with Crippen LogP contribution in [0.15, 0.2) is 11.6 Å². The number of hydrogen-bond acceptors (Lipinski definition) is 2. The lowest BCUT2D eigenvalue weighted by atomic mass is 9.90. The Morgan fingerprint density at radius 2 is 2.00 bits per heavy atom. The highest BCUT2D eigenvalue weighted by Gasteiger charge is 2.37. The molecule has 66 valence electrons. The van der Waals surface area contributed by atoms with Crippen LogP contribution in [-0.4, -0.2) is 11.8 Å². The van der Waals surface area contributed by atoms with Gasteiger partial charge in [0.25, 0.3) is 5.91 Å². The highest BCUT2D eigenvalue weighted by Crippen LogP contribution is 2.25. The molecule has 1 unspecified atom stereocenters. The molecule has 1 atom stereocenters. The zero-order valence-electron chi connectivity index (χ0n) is 7.55. The third kappa shape index (κ3) is 1.26. The molecular weight excluding hydrogens is 154 g/mol. The van der Waals surface area contributed by atoms with Crippen molar-refractivity contribution >= 4 is 11.8 Å². The van der Waals surface area contributed by atoms with Crippen LogP contribution in [0.25, 0.3) is 0 Å². The van der Waals surface area contributed by atoms with Crippen molar-refractivity contribution in [2.75, 3.05) is 0 Å². The van der Waals surface area contributed by atoms with Crippen molar-refractivity contribution in [2.45, 2.75) is 20.8 Å².